The first-order chi connectivity index (χ1) is 15.9. The summed E-state index contributed by atoms with van der Waals surface area (Å²) in [5.74, 6) is -3.22. The van der Waals surface area contributed by atoms with Crippen molar-refractivity contribution in [3.8, 4) is 5.75 Å². The van der Waals surface area contributed by atoms with Gasteiger partial charge in [-0.15, -0.1) is 0 Å². The standard InChI is InChI=1S/C27H26ClNO5/c1-12-9-20(31)18-11-16-14(6-7-15-22(16)26(34)29(25(15)33)27(2,3)4)21(23(18)24(12)32)17-10-13(28)5-8-19(17)30/h5-6,8-10,15-16,21-22,30H,7,11H2,1-4H3. The molecule has 0 bridgehead atoms. The summed E-state index contributed by atoms with van der Waals surface area (Å²) in [6, 6.07) is 4.63. The minimum Gasteiger partial charge on any atom is -0.508 e. The molecule has 34 heavy (non-hydrogen) atoms. The molecule has 4 atom stereocenters. The van der Waals surface area contributed by atoms with Gasteiger partial charge in [0.1, 0.15) is 5.75 Å². The Kier molecular flexibility index (Phi) is 5.03. The second kappa shape index (κ2) is 7.51. The number of ketones is 2. The van der Waals surface area contributed by atoms with Gasteiger partial charge in [0.2, 0.25) is 11.8 Å². The normalized spacial score (nSPS) is 29.0. The summed E-state index contributed by atoms with van der Waals surface area (Å²) in [5.41, 5.74) is 1.60. The highest BCUT2D eigenvalue weighted by Gasteiger charge is 2.58. The fraction of sp³-hybridized carbons (Fsp3) is 0.407. The first-order valence-electron chi connectivity index (χ1n) is 11.5. The molecule has 3 aliphatic carbocycles. The number of Topliss-reactive ketones (excluding diaryl/α,β-unsaturated/α-hetero) is 1. The summed E-state index contributed by atoms with van der Waals surface area (Å²) >= 11 is 6.27. The molecule has 1 saturated heterocycles. The summed E-state index contributed by atoms with van der Waals surface area (Å²) in [4.78, 5) is 54.6. The van der Waals surface area contributed by atoms with Crippen LogP contribution in [0.2, 0.25) is 5.02 Å². The molecule has 7 heteroatoms. The lowest BCUT2D eigenvalue weighted by Crippen LogP contribution is -2.46. The van der Waals surface area contributed by atoms with Gasteiger partial charge in [-0.05, 0) is 70.7 Å². The molecule has 0 saturated carbocycles. The van der Waals surface area contributed by atoms with Crippen molar-refractivity contribution in [2.75, 3.05) is 0 Å². The minimum absolute atomic E-state index is 0.0393. The molecule has 4 aliphatic rings. The second-order valence-corrected chi connectivity index (χ2v) is 11.1. The van der Waals surface area contributed by atoms with Gasteiger partial charge in [-0.3, -0.25) is 24.1 Å². The monoisotopic (exact) mass is 479 g/mol. The van der Waals surface area contributed by atoms with Crippen LogP contribution >= 0.6 is 11.6 Å². The number of allylic oxidation sites excluding steroid dienone is 6. The van der Waals surface area contributed by atoms with E-state index in [9.17, 15) is 24.3 Å². The van der Waals surface area contributed by atoms with Crippen molar-refractivity contribution in [3.63, 3.8) is 0 Å². The van der Waals surface area contributed by atoms with Crippen molar-refractivity contribution in [2.24, 2.45) is 17.8 Å². The number of hydrogen-bond donors (Lipinski definition) is 1. The lowest BCUT2D eigenvalue weighted by Gasteiger charge is -2.42. The van der Waals surface area contributed by atoms with Crippen LogP contribution in [0.4, 0.5) is 0 Å². The first-order valence-corrected chi connectivity index (χ1v) is 11.9. The summed E-state index contributed by atoms with van der Waals surface area (Å²) in [7, 11) is 0. The van der Waals surface area contributed by atoms with Gasteiger partial charge in [0.05, 0.1) is 11.8 Å². The molecule has 176 valence electrons. The Balaban J connectivity index is 1.71. The number of phenols is 1. The number of fused-ring (bicyclic) bond motifs is 3. The Morgan fingerprint density at radius 1 is 1.06 bits per heavy atom. The fourth-order valence-electron chi connectivity index (χ4n) is 6.13. The summed E-state index contributed by atoms with van der Waals surface area (Å²) in [5, 5.41) is 11.2. The lowest BCUT2D eigenvalue weighted by molar-refractivity contribution is -0.145. The van der Waals surface area contributed by atoms with E-state index in [1.807, 2.05) is 26.8 Å². The van der Waals surface area contributed by atoms with Gasteiger partial charge in [0.15, 0.2) is 11.6 Å². The Bertz CT molecular complexity index is 1280. The van der Waals surface area contributed by atoms with Crippen LogP contribution in [0.3, 0.4) is 0 Å². The highest BCUT2D eigenvalue weighted by atomic mass is 35.5. The van der Waals surface area contributed by atoms with E-state index in [0.29, 0.717) is 33.7 Å². The average Bonchev–Trinajstić information content (AvgIpc) is 3.03. The molecular weight excluding hydrogens is 454 g/mol. The number of benzene rings is 1. The predicted molar refractivity (Wildman–Crippen MR) is 126 cm³/mol. The molecule has 4 unspecified atom stereocenters. The molecule has 5 rings (SSSR count). The third-order valence-electron chi connectivity index (χ3n) is 7.54. The number of carbonyl (C=O) groups excluding carboxylic acids is 4. The van der Waals surface area contributed by atoms with Crippen LogP contribution in [0.15, 0.2) is 52.6 Å². The van der Waals surface area contributed by atoms with Crippen molar-refractivity contribution in [2.45, 2.75) is 52.0 Å². The molecule has 1 N–H and O–H groups in total. The number of likely N-dealkylation sites (tertiary alicyclic amines) is 1. The van der Waals surface area contributed by atoms with Crippen molar-refractivity contribution in [1.82, 2.24) is 4.90 Å². The van der Waals surface area contributed by atoms with Crippen molar-refractivity contribution < 1.29 is 24.3 Å². The number of halogens is 1. The summed E-state index contributed by atoms with van der Waals surface area (Å²) in [6.07, 6.45) is 3.86. The van der Waals surface area contributed by atoms with Crippen LogP contribution < -0.4 is 0 Å². The molecular formula is C27H26ClNO5. The minimum atomic E-state index is -0.708. The van der Waals surface area contributed by atoms with E-state index in [4.69, 9.17) is 11.6 Å². The molecule has 1 aromatic carbocycles. The summed E-state index contributed by atoms with van der Waals surface area (Å²) in [6.45, 7) is 7.11. The quantitative estimate of drug-likeness (QED) is 0.369. The van der Waals surface area contributed by atoms with Crippen LogP contribution in [-0.4, -0.2) is 38.9 Å². The van der Waals surface area contributed by atoms with Crippen molar-refractivity contribution in [1.29, 1.82) is 0 Å². The number of hydrogen-bond acceptors (Lipinski definition) is 5. The van der Waals surface area contributed by atoms with Crippen LogP contribution in [0.5, 0.6) is 5.75 Å². The lowest BCUT2D eigenvalue weighted by atomic mass is 9.59. The fourth-order valence-corrected chi connectivity index (χ4v) is 6.31. The average molecular weight is 480 g/mol. The SMILES string of the molecule is CC1=CC(=O)C2=C(C1=O)C(c1cc(Cl)ccc1O)C1=CCC3C(=O)N(C(C)(C)C)C(=O)C3C1C2. The molecule has 0 radical (unpaired) electrons. The smallest absolute Gasteiger partial charge is 0.234 e. The molecule has 0 aromatic heterocycles. The van der Waals surface area contributed by atoms with E-state index in [1.54, 1.807) is 19.1 Å². The molecule has 1 heterocycles. The van der Waals surface area contributed by atoms with E-state index in [1.165, 1.54) is 17.0 Å². The molecule has 1 aliphatic heterocycles. The Morgan fingerprint density at radius 2 is 1.76 bits per heavy atom. The van der Waals surface area contributed by atoms with Gasteiger partial charge in [-0.1, -0.05) is 23.3 Å². The number of nitrogens with zero attached hydrogens (tertiary/aromatic N) is 1. The Morgan fingerprint density at radius 3 is 2.44 bits per heavy atom. The van der Waals surface area contributed by atoms with E-state index < -0.39 is 29.2 Å². The van der Waals surface area contributed by atoms with Crippen molar-refractivity contribution >= 4 is 35.0 Å². The largest absolute Gasteiger partial charge is 0.508 e. The third-order valence-corrected chi connectivity index (χ3v) is 7.77. The van der Waals surface area contributed by atoms with Gasteiger partial charge in [0, 0.05) is 38.8 Å². The van der Waals surface area contributed by atoms with Gasteiger partial charge < -0.3 is 5.11 Å². The predicted octanol–water partition coefficient (Wildman–Crippen LogP) is 4.27. The maximum absolute atomic E-state index is 13.6. The molecule has 1 fully saturated rings. The summed E-state index contributed by atoms with van der Waals surface area (Å²) < 4.78 is 0. The van der Waals surface area contributed by atoms with E-state index in [0.717, 1.165) is 5.57 Å². The van der Waals surface area contributed by atoms with E-state index in [2.05, 4.69) is 0 Å². The Hall–Kier alpha value is -2.99. The van der Waals surface area contributed by atoms with Crippen LogP contribution in [0, 0.1) is 17.8 Å². The number of imide groups is 1. The number of phenolic OH excluding ortho intramolecular Hbond substituents is 1. The molecule has 0 spiro atoms. The van der Waals surface area contributed by atoms with Gasteiger partial charge in [-0.25, -0.2) is 0 Å². The number of carbonyl (C=O) groups is 4. The number of rotatable bonds is 1. The van der Waals surface area contributed by atoms with Crippen LogP contribution in [0.25, 0.3) is 0 Å². The zero-order valence-electron chi connectivity index (χ0n) is 19.5. The van der Waals surface area contributed by atoms with Crippen LogP contribution in [0.1, 0.15) is 52.0 Å². The number of aromatic hydroxyl groups is 1. The first kappa shape index (κ1) is 22.8. The molecule has 2 amide bonds. The highest BCUT2D eigenvalue weighted by Crippen LogP contribution is 2.56. The van der Waals surface area contributed by atoms with E-state index in [-0.39, 0.29) is 35.6 Å². The van der Waals surface area contributed by atoms with Crippen LogP contribution in [-0.2, 0) is 19.2 Å². The topological polar surface area (TPSA) is 91.8 Å². The zero-order chi connectivity index (χ0) is 24.7. The number of amides is 2. The highest BCUT2D eigenvalue weighted by molar-refractivity contribution is 6.30. The zero-order valence-corrected chi connectivity index (χ0v) is 20.3. The maximum atomic E-state index is 13.6. The maximum Gasteiger partial charge on any atom is 0.234 e. The van der Waals surface area contributed by atoms with Gasteiger partial charge in [-0.2, -0.15) is 0 Å². The Labute approximate surface area is 203 Å². The van der Waals surface area contributed by atoms with Gasteiger partial charge >= 0.3 is 0 Å². The second-order valence-electron chi connectivity index (χ2n) is 10.6. The van der Waals surface area contributed by atoms with E-state index >= 15 is 0 Å². The third kappa shape index (κ3) is 3.15. The molecule has 6 nitrogen and oxygen atoms in total. The van der Waals surface area contributed by atoms with Gasteiger partial charge in [0.25, 0.3) is 0 Å². The molecule has 1 aromatic rings. The van der Waals surface area contributed by atoms with Crippen molar-refractivity contribution in [3.05, 3.63) is 63.2 Å².